The second kappa shape index (κ2) is 6.68. The molecule has 3 rings (SSSR count). The van der Waals surface area contributed by atoms with Crippen LogP contribution in [0.3, 0.4) is 0 Å². The van der Waals surface area contributed by atoms with Crippen molar-refractivity contribution in [1.82, 2.24) is 9.55 Å². The van der Waals surface area contributed by atoms with E-state index in [-0.39, 0.29) is 29.9 Å². The average molecular weight is 317 g/mol. The Morgan fingerprint density at radius 2 is 2.22 bits per heavy atom. The Kier molecular flexibility index (Phi) is 4.63. The summed E-state index contributed by atoms with van der Waals surface area (Å²) >= 11 is 0. The normalized spacial score (nSPS) is 22.5. The van der Waals surface area contributed by atoms with Crippen LogP contribution in [0.4, 0.5) is 5.82 Å². The summed E-state index contributed by atoms with van der Waals surface area (Å²) in [6, 6.07) is 7.51. The van der Waals surface area contributed by atoms with Crippen LogP contribution in [-0.4, -0.2) is 28.4 Å². The van der Waals surface area contributed by atoms with E-state index in [1.165, 1.54) is 0 Å². The van der Waals surface area contributed by atoms with Crippen LogP contribution < -0.4 is 11.4 Å². The van der Waals surface area contributed by atoms with E-state index in [2.05, 4.69) is 11.9 Å². The maximum absolute atomic E-state index is 12.3. The molecule has 2 heterocycles. The number of benzene rings is 1. The number of hydrogen-bond acceptors (Lipinski definition) is 5. The Balaban J connectivity index is 1.83. The monoisotopic (exact) mass is 317 g/mol. The number of rotatable bonds is 5. The molecule has 0 amide bonds. The Hall–Kier alpha value is -1.92. The SMILES string of the molecule is CCC(C)OCC1CCC(n2c(=O)nc(N)c3ccccc32)O1. The summed E-state index contributed by atoms with van der Waals surface area (Å²) in [5, 5.41) is 0.773. The number of para-hydroxylation sites is 1. The predicted octanol–water partition coefficient (Wildman–Crippen LogP) is 2.47. The van der Waals surface area contributed by atoms with E-state index in [9.17, 15) is 4.79 Å². The summed E-state index contributed by atoms with van der Waals surface area (Å²) in [6.07, 6.45) is 2.53. The van der Waals surface area contributed by atoms with Crippen LogP contribution >= 0.6 is 0 Å². The first kappa shape index (κ1) is 16.0. The second-order valence-electron chi connectivity index (χ2n) is 6.01. The predicted molar refractivity (Wildman–Crippen MR) is 89.3 cm³/mol. The maximum Gasteiger partial charge on any atom is 0.352 e. The van der Waals surface area contributed by atoms with Crippen LogP contribution in [0.5, 0.6) is 0 Å². The quantitative estimate of drug-likeness (QED) is 0.916. The highest BCUT2D eigenvalue weighted by atomic mass is 16.6. The zero-order valence-corrected chi connectivity index (χ0v) is 13.6. The fourth-order valence-corrected chi connectivity index (χ4v) is 2.89. The summed E-state index contributed by atoms with van der Waals surface area (Å²) in [6.45, 7) is 4.70. The number of nitrogens with zero attached hydrogens (tertiary/aromatic N) is 2. The molecule has 23 heavy (non-hydrogen) atoms. The molecule has 1 aliphatic heterocycles. The minimum absolute atomic E-state index is 0.0113. The van der Waals surface area contributed by atoms with Gasteiger partial charge in [0.05, 0.1) is 24.3 Å². The van der Waals surface area contributed by atoms with E-state index in [0.29, 0.717) is 6.61 Å². The van der Waals surface area contributed by atoms with Gasteiger partial charge in [-0.05, 0) is 38.3 Å². The van der Waals surface area contributed by atoms with Crippen LogP contribution in [0.1, 0.15) is 39.3 Å². The van der Waals surface area contributed by atoms with Crippen molar-refractivity contribution in [2.75, 3.05) is 12.3 Å². The number of fused-ring (bicyclic) bond motifs is 1. The molecule has 6 nitrogen and oxygen atoms in total. The third kappa shape index (κ3) is 3.23. The molecule has 2 aromatic rings. The van der Waals surface area contributed by atoms with Crippen molar-refractivity contribution >= 4 is 16.7 Å². The van der Waals surface area contributed by atoms with E-state index in [0.717, 1.165) is 30.2 Å². The fraction of sp³-hybridized carbons (Fsp3) is 0.529. The first-order valence-corrected chi connectivity index (χ1v) is 8.14. The van der Waals surface area contributed by atoms with E-state index in [1.807, 2.05) is 31.2 Å². The van der Waals surface area contributed by atoms with Crippen molar-refractivity contribution in [3.63, 3.8) is 0 Å². The molecule has 1 aromatic carbocycles. The zero-order chi connectivity index (χ0) is 16.4. The van der Waals surface area contributed by atoms with Crippen LogP contribution in [0, 0.1) is 0 Å². The van der Waals surface area contributed by atoms with Crippen molar-refractivity contribution in [1.29, 1.82) is 0 Å². The maximum atomic E-state index is 12.3. The van der Waals surface area contributed by atoms with E-state index in [4.69, 9.17) is 15.2 Å². The third-order valence-corrected chi connectivity index (χ3v) is 4.38. The van der Waals surface area contributed by atoms with Crippen LogP contribution in [0.25, 0.3) is 10.9 Å². The molecule has 1 fully saturated rings. The molecule has 0 spiro atoms. The van der Waals surface area contributed by atoms with Gasteiger partial charge in [-0.2, -0.15) is 4.98 Å². The molecule has 1 aromatic heterocycles. The zero-order valence-electron chi connectivity index (χ0n) is 13.6. The first-order chi connectivity index (χ1) is 11.1. The van der Waals surface area contributed by atoms with Gasteiger partial charge in [0.2, 0.25) is 0 Å². The van der Waals surface area contributed by atoms with Gasteiger partial charge in [-0.15, -0.1) is 0 Å². The highest BCUT2D eigenvalue weighted by Crippen LogP contribution is 2.30. The van der Waals surface area contributed by atoms with E-state index < -0.39 is 0 Å². The average Bonchev–Trinajstić information content (AvgIpc) is 3.01. The van der Waals surface area contributed by atoms with Gasteiger partial charge in [-0.25, -0.2) is 4.79 Å². The van der Waals surface area contributed by atoms with Gasteiger partial charge in [0, 0.05) is 5.39 Å². The number of ether oxygens (including phenoxy) is 2. The standard InChI is InChI=1S/C17H23N3O3/c1-3-11(2)22-10-12-8-9-15(23-12)20-14-7-5-4-6-13(14)16(18)19-17(20)21/h4-7,11-12,15H,3,8-10H2,1-2H3,(H2,18,19,21). The summed E-state index contributed by atoms with van der Waals surface area (Å²) < 4.78 is 13.4. The first-order valence-electron chi connectivity index (χ1n) is 8.14. The Morgan fingerprint density at radius 1 is 1.43 bits per heavy atom. The molecule has 1 saturated heterocycles. The van der Waals surface area contributed by atoms with Crippen LogP contribution in [0.2, 0.25) is 0 Å². The van der Waals surface area contributed by atoms with Gasteiger partial charge in [0.1, 0.15) is 12.0 Å². The Morgan fingerprint density at radius 3 is 3.00 bits per heavy atom. The number of aromatic nitrogens is 2. The summed E-state index contributed by atoms with van der Waals surface area (Å²) in [4.78, 5) is 16.3. The molecule has 0 bridgehead atoms. The van der Waals surface area contributed by atoms with Crippen LogP contribution in [-0.2, 0) is 9.47 Å². The molecule has 124 valence electrons. The van der Waals surface area contributed by atoms with Crippen molar-refractivity contribution in [3.05, 3.63) is 34.7 Å². The lowest BCUT2D eigenvalue weighted by molar-refractivity contribution is -0.0574. The molecule has 1 aliphatic rings. The van der Waals surface area contributed by atoms with Crippen LogP contribution in [0.15, 0.2) is 29.1 Å². The van der Waals surface area contributed by atoms with Gasteiger partial charge in [0.25, 0.3) is 0 Å². The molecule has 0 radical (unpaired) electrons. The molecule has 6 heteroatoms. The van der Waals surface area contributed by atoms with E-state index in [1.54, 1.807) is 4.57 Å². The summed E-state index contributed by atoms with van der Waals surface area (Å²) in [5.74, 6) is 0.261. The van der Waals surface area contributed by atoms with Gasteiger partial charge in [0.15, 0.2) is 0 Å². The molecule has 3 unspecified atom stereocenters. The van der Waals surface area contributed by atoms with E-state index >= 15 is 0 Å². The van der Waals surface area contributed by atoms with Gasteiger partial charge >= 0.3 is 5.69 Å². The van der Waals surface area contributed by atoms with Crippen molar-refractivity contribution in [2.24, 2.45) is 0 Å². The minimum Gasteiger partial charge on any atom is -0.383 e. The molecule has 3 atom stereocenters. The largest absolute Gasteiger partial charge is 0.383 e. The lowest BCUT2D eigenvalue weighted by Crippen LogP contribution is -2.29. The smallest absolute Gasteiger partial charge is 0.352 e. The fourth-order valence-electron chi connectivity index (χ4n) is 2.89. The van der Waals surface area contributed by atoms with Gasteiger partial charge in [-0.3, -0.25) is 4.57 Å². The topological polar surface area (TPSA) is 79.4 Å². The van der Waals surface area contributed by atoms with Gasteiger partial charge < -0.3 is 15.2 Å². The van der Waals surface area contributed by atoms with Crippen molar-refractivity contribution in [3.8, 4) is 0 Å². The molecule has 0 aliphatic carbocycles. The number of hydrogen-bond donors (Lipinski definition) is 1. The second-order valence-corrected chi connectivity index (χ2v) is 6.01. The Bertz CT molecular complexity index is 743. The number of nitrogens with two attached hydrogens (primary N) is 1. The molecule has 2 N–H and O–H groups in total. The highest BCUT2D eigenvalue weighted by molar-refractivity contribution is 5.88. The lowest BCUT2D eigenvalue weighted by atomic mass is 10.2. The molecular weight excluding hydrogens is 294 g/mol. The number of nitrogen functional groups attached to an aromatic ring is 1. The highest BCUT2D eigenvalue weighted by Gasteiger charge is 2.29. The van der Waals surface area contributed by atoms with Gasteiger partial charge in [-0.1, -0.05) is 19.1 Å². The Labute approximate surface area is 135 Å². The van der Waals surface area contributed by atoms with Crippen molar-refractivity contribution < 1.29 is 9.47 Å². The summed E-state index contributed by atoms with van der Waals surface area (Å²) in [5.41, 5.74) is 6.26. The third-order valence-electron chi connectivity index (χ3n) is 4.38. The molecular formula is C17H23N3O3. The molecule has 0 saturated carbocycles. The summed E-state index contributed by atoms with van der Waals surface area (Å²) in [7, 11) is 0. The lowest BCUT2D eigenvalue weighted by Gasteiger charge is -2.19. The number of anilines is 1. The van der Waals surface area contributed by atoms with Crippen molar-refractivity contribution in [2.45, 2.75) is 51.5 Å². The minimum atomic E-state index is -0.366.